The smallest absolute Gasteiger partial charge is 0.422 e. The van der Waals surface area contributed by atoms with Crippen molar-refractivity contribution in [2.45, 2.75) is 31.2 Å². The number of nitrogens with one attached hydrogen (secondary N) is 1. The van der Waals surface area contributed by atoms with Crippen LogP contribution in [0.4, 0.5) is 13.2 Å². The quantitative estimate of drug-likeness (QED) is 0.282. The van der Waals surface area contributed by atoms with E-state index in [1.165, 1.54) is 12.1 Å². The van der Waals surface area contributed by atoms with Crippen LogP contribution in [0.2, 0.25) is 0 Å². The molecule has 0 unspecified atom stereocenters. The summed E-state index contributed by atoms with van der Waals surface area (Å²) in [4.78, 5) is 14.7. The van der Waals surface area contributed by atoms with Crippen molar-refractivity contribution < 1.29 is 42.0 Å². The first-order valence-electron chi connectivity index (χ1n) is 11.6. The number of alkyl halides is 3. The molecule has 0 saturated heterocycles. The molecule has 2 atom stereocenters. The molecule has 0 amide bonds. The number of aliphatic carboxylic acids is 1. The maximum Gasteiger partial charge on any atom is 0.422 e. The second kappa shape index (κ2) is 10.3. The summed E-state index contributed by atoms with van der Waals surface area (Å²) in [5.41, 5.74) is -0.431. The fourth-order valence-corrected chi connectivity index (χ4v) is 4.15. The molecule has 10 nitrogen and oxygen atoms in total. The molecule has 0 spiro atoms. The van der Waals surface area contributed by atoms with E-state index in [2.05, 4.69) is 20.6 Å². The van der Waals surface area contributed by atoms with E-state index < -0.39 is 47.2 Å². The molecule has 5 rings (SSSR count). The van der Waals surface area contributed by atoms with Crippen LogP contribution in [0.25, 0.3) is 34.3 Å². The predicted molar refractivity (Wildman–Crippen MR) is 125 cm³/mol. The highest BCUT2D eigenvalue weighted by atomic mass is 19.4. The van der Waals surface area contributed by atoms with E-state index in [0.29, 0.717) is 29.8 Å². The summed E-state index contributed by atoms with van der Waals surface area (Å²) in [6.45, 7) is 0.515. The number of hydrogen-bond acceptors (Lipinski definition) is 9. The minimum Gasteiger partial charge on any atom is -0.491 e. The average Bonchev–Trinajstić information content (AvgIpc) is 3.56. The number of ether oxygens (including phenoxy) is 1. The maximum atomic E-state index is 14.0. The minimum atomic E-state index is -4.80. The molecule has 0 bridgehead atoms. The number of nitrogens with zero attached hydrogens (tertiary/aromatic N) is 3. The van der Waals surface area contributed by atoms with E-state index in [9.17, 15) is 23.1 Å². The molecule has 0 fully saturated rings. The fourth-order valence-electron chi connectivity index (χ4n) is 4.15. The molecule has 4 aromatic rings. The lowest BCUT2D eigenvalue weighted by Crippen LogP contribution is -2.43. The van der Waals surface area contributed by atoms with E-state index in [1.54, 1.807) is 36.4 Å². The van der Waals surface area contributed by atoms with Crippen molar-refractivity contribution in [3.8, 4) is 40.0 Å². The first-order valence-corrected chi connectivity index (χ1v) is 11.6. The molecule has 3 N–H and O–H groups in total. The topological polar surface area (TPSA) is 144 Å². The highest BCUT2D eigenvalue weighted by molar-refractivity contribution is 5.71. The van der Waals surface area contributed by atoms with Gasteiger partial charge in [0.1, 0.15) is 29.7 Å². The van der Waals surface area contributed by atoms with Gasteiger partial charge in [0.05, 0.1) is 6.04 Å². The number of carbonyl (C=O) groups is 1. The van der Waals surface area contributed by atoms with E-state index in [1.807, 2.05) is 0 Å². The number of aromatic nitrogens is 3. The molecule has 38 heavy (non-hydrogen) atoms. The van der Waals surface area contributed by atoms with Gasteiger partial charge in [-0.25, -0.2) is 0 Å². The molecule has 2 aromatic heterocycles. The Labute approximate surface area is 213 Å². The molecule has 3 heterocycles. The first-order chi connectivity index (χ1) is 18.2. The second-order valence-corrected chi connectivity index (χ2v) is 8.59. The van der Waals surface area contributed by atoms with Gasteiger partial charge in [-0.3, -0.25) is 4.79 Å². The average molecular weight is 530 g/mol. The summed E-state index contributed by atoms with van der Waals surface area (Å²) in [5, 5.41) is 29.9. The molecule has 0 aliphatic carbocycles. The summed E-state index contributed by atoms with van der Waals surface area (Å²) in [6, 6.07) is 12.1. The number of aliphatic hydroxyl groups is 1. The van der Waals surface area contributed by atoms with E-state index in [0.717, 1.165) is 0 Å². The van der Waals surface area contributed by atoms with Gasteiger partial charge in [0.25, 0.3) is 5.89 Å². The van der Waals surface area contributed by atoms with Crippen LogP contribution < -0.4 is 10.1 Å². The Morgan fingerprint density at radius 1 is 1.08 bits per heavy atom. The molecular weight excluding hydrogens is 509 g/mol. The van der Waals surface area contributed by atoms with E-state index in [4.69, 9.17) is 18.9 Å². The van der Waals surface area contributed by atoms with Crippen molar-refractivity contribution in [3.63, 3.8) is 0 Å². The predicted octanol–water partition coefficient (Wildman–Crippen LogP) is 4.33. The van der Waals surface area contributed by atoms with Crippen molar-refractivity contribution in [1.29, 1.82) is 0 Å². The lowest BCUT2D eigenvalue weighted by molar-refractivity contribution is -0.138. The fraction of sp³-hybridized carbons (Fsp3) is 0.280. The minimum absolute atomic E-state index is 0.00933. The van der Waals surface area contributed by atoms with Gasteiger partial charge in [0.2, 0.25) is 11.6 Å². The van der Waals surface area contributed by atoms with Crippen molar-refractivity contribution in [2.24, 2.45) is 0 Å². The third-order valence-corrected chi connectivity index (χ3v) is 6.01. The van der Waals surface area contributed by atoms with Gasteiger partial charge in [0.15, 0.2) is 0 Å². The third kappa shape index (κ3) is 5.10. The molecule has 198 valence electrons. The van der Waals surface area contributed by atoms with Gasteiger partial charge in [-0.2, -0.15) is 18.2 Å². The van der Waals surface area contributed by atoms with Crippen LogP contribution >= 0.6 is 0 Å². The van der Waals surface area contributed by atoms with Gasteiger partial charge in [0, 0.05) is 23.1 Å². The Balaban J connectivity index is 1.38. The van der Waals surface area contributed by atoms with E-state index >= 15 is 0 Å². The Bertz CT molecular complexity index is 1440. The zero-order valence-corrected chi connectivity index (χ0v) is 19.6. The first kappa shape index (κ1) is 25.4. The lowest BCUT2D eigenvalue weighted by atomic mass is 9.97. The number of aliphatic hydroxyl groups excluding tert-OH is 1. The van der Waals surface area contributed by atoms with Gasteiger partial charge in [-0.1, -0.05) is 52.8 Å². The Kier molecular flexibility index (Phi) is 6.87. The molecule has 0 saturated carbocycles. The van der Waals surface area contributed by atoms with Crippen LogP contribution in [0.5, 0.6) is 5.75 Å². The Hall–Kier alpha value is -4.23. The summed E-state index contributed by atoms with van der Waals surface area (Å²) < 4.78 is 57.8. The highest BCUT2D eigenvalue weighted by Gasteiger charge is 2.43. The van der Waals surface area contributed by atoms with Crippen molar-refractivity contribution >= 4 is 5.97 Å². The van der Waals surface area contributed by atoms with Gasteiger partial charge >= 0.3 is 12.1 Å². The molecule has 13 heteroatoms. The monoisotopic (exact) mass is 530 g/mol. The van der Waals surface area contributed by atoms with Crippen LogP contribution in [-0.4, -0.2) is 50.7 Å². The third-order valence-electron chi connectivity index (χ3n) is 6.01. The highest BCUT2D eigenvalue weighted by Crippen LogP contribution is 2.43. The number of hydrogen-bond donors (Lipinski definition) is 3. The normalized spacial score (nSPS) is 17.2. The maximum absolute atomic E-state index is 14.0. The SMILES string of the molecule is O=C(O)CCCN[C@H]1COc2cc(-c3noc(-c4onc(-c5ccccc5)c4C(F)(F)F)n3)ccc2[C@H]1O. The number of carboxylic acids is 1. The summed E-state index contributed by atoms with van der Waals surface area (Å²) in [7, 11) is 0. The Morgan fingerprint density at radius 2 is 1.87 bits per heavy atom. The number of benzene rings is 2. The van der Waals surface area contributed by atoms with Crippen molar-refractivity contribution in [3.05, 3.63) is 59.7 Å². The molecule has 1 aliphatic rings. The van der Waals surface area contributed by atoms with E-state index in [-0.39, 0.29) is 24.4 Å². The molecular formula is C25H21F3N4O6. The number of rotatable bonds is 8. The van der Waals surface area contributed by atoms with Crippen molar-refractivity contribution in [2.75, 3.05) is 13.2 Å². The molecule has 2 aromatic carbocycles. The standard InChI is InChI=1S/C25H21F3N4O6/c26-25(27,28)19-20(13-5-2-1-3-6-13)31-37-22(19)24-30-23(32-38-24)14-8-9-15-17(11-14)36-12-16(21(15)35)29-10-4-7-18(33)34/h1-3,5-6,8-9,11,16,21,29,35H,4,7,10,12H2,(H,33,34)/t16-,21+/m0/s1. The summed E-state index contributed by atoms with van der Waals surface area (Å²) >= 11 is 0. The Morgan fingerprint density at radius 3 is 2.61 bits per heavy atom. The van der Waals surface area contributed by atoms with Crippen LogP contribution in [0.1, 0.15) is 30.1 Å². The van der Waals surface area contributed by atoms with Crippen LogP contribution in [0.15, 0.2) is 57.6 Å². The number of halogens is 3. The van der Waals surface area contributed by atoms with Crippen LogP contribution in [-0.2, 0) is 11.0 Å². The van der Waals surface area contributed by atoms with Gasteiger partial charge < -0.3 is 29.3 Å². The molecule has 1 aliphatic heterocycles. The lowest BCUT2D eigenvalue weighted by Gasteiger charge is -2.31. The van der Waals surface area contributed by atoms with Crippen LogP contribution in [0, 0.1) is 0 Å². The zero-order valence-electron chi connectivity index (χ0n) is 19.6. The van der Waals surface area contributed by atoms with Gasteiger partial charge in [-0.05, 0) is 19.0 Å². The van der Waals surface area contributed by atoms with Crippen LogP contribution in [0.3, 0.4) is 0 Å². The summed E-state index contributed by atoms with van der Waals surface area (Å²) in [5.74, 6) is -1.75. The molecule has 0 radical (unpaired) electrons. The largest absolute Gasteiger partial charge is 0.491 e. The van der Waals surface area contributed by atoms with Gasteiger partial charge in [-0.15, -0.1) is 0 Å². The summed E-state index contributed by atoms with van der Waals surface area (Å²) in [6.07, 6.45) is -5.31. The zero-order chi connectivity index (χ0) is 26.9. The van der Waals surface area contributed by atoms with Crippen molar-refractivity contribution in [1.82, 2.24) is 20.6 Å². The number of carboxylic acid groups (broad SMARTS) is 1. The number of fused-ring (bicyclic) bond motifs is 1. The second-order valence-electron chi connectivity index (χ2n) is 8.59.